The van der Waals surface area contributed by atoms with Gasteiger partial charge in [0.15, 0.2) is 0 Å². The number of piperidine rings is 1. The van der Waals surface area contributed by atoms with E-state index in [2.05, 4.69) is 9.62 Å². The minimum Gasteiger partial charge on any atom is -0.367 e. The second-order valence-electron chi connectivity index (χ2n) is 11.4. The van der Waals surface area contributed by atoms with Crippen LogP contribution in [0.5, 0.6) is 0 Å². The number of sulfonamides is 1. The molecule has 2 aromatic rings. The van der Waals surface area contributed by atoms with Crippen molar-refractivity contribution in [1.29, 1.82) is 0 Å². The Labute approximate surface area is 229 Å². The van der Waals surface area contributed by atoms with Crippen LogP contribution < -0.4 is 9.62 Å². The molecule has 38 heavy (non-hydrogen) atoms. The third-order valence-electron chi connectivity index (χ3n) is 7.99. The molecule has 2 aliphatic heterocycles. The van der Waals surface area contributed by atoms with Crippen LogP contribution >= 0.6 is 11.6 Å². The minimum atomic E-state index is -3.76. The lowest BCUT2D eigenvalue weighted by atomic mass is 10.1. The number of benzene rings is 1. The van der Waals surface area contributed by atoms with Crippen molar-refractivity contribution in [2.24, 2.45) is 5.92 Å². The zero-order chi connectivity index (χ0) is 27.2. The molecule has 2 saturated heterocycles. The third-order valence-corrected chi connectivity index (χ3v) is 9.84. The van der Waals surface area contributed by atoms with Crippen molar-refractivity contribution in [2.75, 3.05) is 50.0 Å². The topological polar surface area (TPSA) is 108 Å². The van der Waals surface area contributed by atoms with Crippen LogP contribution in [0.25, 0.3) is 10.9 Å². The van der Waals surface area contributed by atoms with Gasteiger partial charge in [-0.25, -0.2) is 13.1 Å². The van der Waals surface area contributed by atoms with Crippen molar-refractivity contribution in [1.82, 2.24) is 24.3 Å². The molecule has 208 valence electrons. The Bertz CT molecular complexity index is 1330. The van der Waals surface area contributed by atoms with E-state index in [9.17, 15) is 18.0 Å². The Balaban J connectivity index is 1.52. The maximum absolute atomic E-state index is 13.5. The fourth-order valence-electron chi connectivity index (χ4n) is 5.48. The van der Waals surface area contributed by atoms with Crippen LogP contribution in [0.4, 0.5) is 5.69 Å². The van der Waals surface area contributed by atoms with Gasteiger partial charge in [0, 0.05) is 61.8 Å². The molecule has 2 amide bonds. The summed E-state index contributed by atoms with van der Waals surface area (Å²) in [4.78, 5) is 30.8. The number of carbonyl (C=O) groups is 2. The van der Waals surface area contributed by atoms with Gasteiger partial charge in [0.05, 0.1) is 22.7 Å². The predicted octanol–water partition coefficient (Wildman–Crippen LogP) is 2.57. The third kappa shape index (κ3) is 5.37. The summed E-state index contributed by atoms with van der Waals surface area (Å²) in [6.45, 7) is 9.25. The number of alkyl halides is 1. The smallest absolute Gasteiger partial charge is 0.241 e. The lowest BCUT2D eigenvalue weighted by Gasteiger charge is -2.37. The van der Waals surface area contributed by atoms with Crippen LogP contribution in [0.1, 0.15) is 52.5 Å². The summed E-state index contributed by atoms with van der Waals surface area (Å²) in [6, 6.07) is 3.38. The summed E-state index contributed by atoms with van der Waals surface area (Å²) >= 11 is 5.82. The Morgan fingerprint density at radius 3 is 2.47 bits per heavy atom. The Kier molecular flexibility index (Phi) is 7.38. The highest BCUT2D eigenvalue weighted by Crippen LogP contribution is 2.38. The summed E-state index contributed by atoms with van der Waals surface area (Å²) in [5, 5.41) is 5.58. The highest BCUT2D eigenvalue weighted by molar-refractivity contribution is 7.89. The molecule has 1 unspecified atom stereocenters. The first-order valence-corrected chi connectivity index (χ1v) is 15.5. The molecule has 3 aliphatic rings. The number of nitrogens with one attached hydrogen (secondary N) is 1. The van der Waals surface area contributed by atoms with Crippen LogP contribution in [0.3, 0.4) is 0 Å². The van der Waals surface area contributed by atoms with Gasteiger partial charge in [0.25, 0.3) is 0 Å². The number of halogens is 1. The van der Waals surface area contributed by atoms with Gasteiger partial charge in [0.2, 0.25) is 21.8 Å². The SMILES string of the molecule is CC(C)C(=O)N1CCN(c2cc(S(=O)(=O)NC3(C)CC3)cc3c2cnn3C2CCCN(C(=O)CCl)C2)CC1. The van der Waals surface area contributed by atoms with Crippen LogP contribution in [0.15, 0.2) is 23.2 Å². The van der Waals surface area contributed by atoms with Gasteiger partial charge in [0.1, 0.15) is 5.88 Å². The average molecular weight is 565 g/mol. The molecule has 0 radical (unpaired) electrons. The maximum atomic E-state index is 13.5. The van der Waals surface area contributed by atoms with Crippen molar-refractivity contribution in [3.8, 4) is 0 Å². The maximum Gasteiger partial charge on any atom is 0.241 e. The second-order valence-corrected chi connectivity index (χ2v) is 13.3. The molecule has 1 N–H and O–H groups in total. The predicted molar refractivity (Wildman–Crippen MR) is 147 cm³/mol. The number of hydrogen-bond donors (Lipinski definition) is 1. The molecule has 0 bridgehead atoms. The highest BCUT2D eigenvalue weighted by Gasteiger charge is 2.41. The van der Waals surface area contributed by atoms with Crippen LogP contribution in [-0.2, 0) is 19.6 Å². The number of fused-ring (bicyclic) bond motifs is 1. The molecule has 12 heteroatoms. The first-order chi connectivity index (χ1) is 18.0. The minimum absolute atomic E-state index is 0.0597. The molecule has 1 aromatic carbocycles. The Morgan fingerprint density at radius 2 is 1.84 bits per heavy atom. The van der Waals surface area contributed by atoms with E-state index in [-0.39, 0.29) is 34.5 Å². The summed E-state index contributed by atoms with van der Waals surface area (Å²) in [6.07, 6.45) is 5.09. The van der Waals surface area contributed by atoms with E-state index in [4.69, 9.17) is 16.7 Å². The van der Waals surface area contributed by atoms with E-state index in [1.165, 1.54) is 0 Å². The Hall–Kier alpha value is -2.37. The summed E-state index contributed by atoms with van der Waals surface area (Å²) in [5.74, 6) is -0.0910. The zero-order valence-corrected chi connectivity index (χ0v) is 23.9. The van der Waals surface area contributed by atoms with Gasteiger partial charge in [-0.3, -0.25) is 14.3 Å². The fraction of sp³-hybridized carbons (Fsp3) is 0.654. The molecule has 0 spiro atoms. The van der Waals surface area contributed by atoms with E-state index in [1.54, 1.807) is 23.2 Å². The van der Waals surface area contributed by atoms with Gasteiger partial charge in [-0.1, -0.05) is 13.8 Å². The lowest BCUT2D eigenvalue weighted by molar-refractivity contribution is -0.134. The monoisotopic (exact) mass is 564 g/mol. The first-order valence-electron chi connectivity index (χ1n) is 13.4. The largest absolute Gasteiger partial charge is 0.367 e. The van der Waals surface area contributed by atoms with Crippen molar-refractivity contribution < 1.29 is 18.0 Å². The van der Waals surface area contributed by atoms with E-state index in [0.29, 0.717) is 39.3 Å². The molecule has 1 atom stereocenters. The molecule has 10 nitrogen and oxygen atoms in total. The van der Waals surface area contributed by atoms with Gasteiger partial charge >= 0.3 is 0 Å². The molecule has 5 rings (SSSR count). The quantitative estimate of drug-likeness (QED) is 0.518. The molecule has 3 heterocycles. The standard InChI is InChI=1S/C26H37ClN6O4S/c1-18(2)25(35)31-11-9-30(10-12-31)22-13-20(38(36,37)29-26(3)6-7-26)14-23-21(22)16-28-33(23)19-5-4-8-32(17-19)24(34)15-27/h13-14,16,18-19,29H,4-12,15,17H2,1-3H3. The van der Waals surface area contributed by atoms with E-state index >= 15 is 0 Å². The number of aromatic nitrogens is 2. The number of likely N-dealkylation sites (tertiary alicyclic amines) is 1. The van der Waals surface area contributed by atoms with E-state index in [0.717, 1.165) is 42.3 Å². The number of anilines is 1. The molecule has 1 aliphatic carbocycles. The van der Waals surface area contributed by atoms with Crippen molar-refractivity contribution in [3.63, 3.8) is 0 Å². The summed E-state index contributed by atoms with van der Waals surface area (Å²) in [7, 11) is -3.76. The summed E-state index contributed by atoms with van der Waals surface area (Å²) < 4.78 is 31.7. The molecule has 1 aromatic heterocycles. The van der Waals surface area contributed by atoms with Crippen LogP contribution in [0, 0.1) is 5.92 Å². The van der Waals surface area contributed by atoms with Crippen LogP contribution in [-0.4, -0.2) is 90.5 Å². The van der Waals surface area contributed by atoms with Crippen molar-refractivity contribution in [2.45, 2.75) is 62.9 Å². The van der Waals surface area contributed by atoms with Crippen LogP contribution in [0.2, 0.25) is 0 Å². The average Bonchev–Trinajstić information content (AvgIpc) is 3.46. The van der Waals surface area contributed by atoms with Gasteiger partial charge in [-0.05, 0) is 44.7 Å². The summed E-state index contributed by atoms with van der Waals surface area (Å²) in [5.41, 5.74) is 1.13. The molecular weight excluding hydrogens is 528 g/mol. The fourth-order valence-corrected chi connectivity index (χ4v) is 7.15. The molecular formula is C26H37ClN6O4S. The molecule has 3 fully saturated rings. The normalized spacial score (nSPS) is 21.8. The lowest BCUT2D eigenvalue weighted by Crippen LogP contribution is -2.50. The number of carbonyl (C=O) groups excluding carboxylic acids is 2. The number of amides is 2. The Morgan fingerprint density at radius 1 is 1.13 bits per heavy atom. The van der Waals surface area contributed by atoms with Gasteiger partial charge < -0.3 is 14.7 Å². The van der Waals surface area contributed by atoms with E-state index < -0.39 is 15.6 Å². The highest BCUT2D eigenvalue weighted by atomic mass is 35.5. The zero-order valence-electron chi connectivity index (χ0n) is 22.3. The van der Waals surface area contributed by atoms with Gasteiger partial charge in [-0.15, -0.1) is 11.6 Å². The second kappa shape index (κ2) is 10.3. The number of rotatable bonds is 7. The van der Waals surface area contributed by atoms with Crippen molar-refractivity contribution in [3.05, 3.63) is 18.3 Å². The number of nitrogens with zero attached hydrogens (tertiary/aromatic N) is 5. The molecule has 1 saturated carbocycles. The number of piperazine rings is 1. The van der Waals surface area contributed by atoms with E-state index in [1.807, 2.05) is 30.4 Å². The first kappa shape index (κ1) is 27.2. The van der Waals surface area contributed by atoms with Crippen molar-refractivity contribution >= 4 is 50.0 Å². The van der Waals surface area contributed by atoms with Gasteiger partial charge in [-0.2, -0.15) is 5.10 Å². The number of hydrogen-bond acceptors (Lipinski definition) is 6.